The number of likely N-dealkylation sites (N-methyl/N-ethyl adjacent to an activating group) is 1. The second kappa shape index (κ2) is 8.85. The Balaban J connectivity index is 2.64. The van der Waals surface area contributed by atoms with Crippen LogP contribution in [0.4, 0.5) is 0 Å². The maximum atomic E-state index is 12.4. The lowest BCUT2D eigenvalue weighted by molar-refractivity contribution is 0.309. The molecule has 1 aromatic heterocycles. The molecule has 0 saturated heterocycles. The Kier molecular flexibility index (Phi) is 7.83. The fourth-order valence-corrected chi connectivity index (χ4v) is 4.36. The molecule has 0 aliphatic heterocycles. The van der Waals surface area contributed by atoms with Gasteiger partial charge in [0.15, 0.2) is 0 Å². The SMILES string of the molecule is CCN(CC)CCNS(=O)(=O)c1ccsc1CNC(C)C. The fourth-order valence-electron chi connectivity index (χ4n) is 1.95. The Hall–Kier alpha value is -0.470. The summed E-state index contributed by atoms with van der Waals surface area (Å²) in [5.74, 6) is 0. The molecule has 0 bridgehead atoms. The Morgan fingerprint density at radius 1 is 1.29 bits per heavy atom. The van der Waals surface area contributed by atoms with E-state index in [0.29, 0.717) is 24.0 Å². The topological polar surface area (TPSA) is 61.4 Å². The molecule has 2 N–H and O–H groups in total. The van der Waals surface area contributed by atoms with Crippen molar-refractivity contribution < 1.29 is 8.42 Å². The van der Waals surface area contributed by atoms with Gasteiger partial charge in [0.05, 0.1) is 4.90 Å². The molecule has 0 saturated carbocycles. The first-order valence-corrected chi connectivity index (χ1v) is 9.78. The van der Waals surface area contributed by atoms with Crippen LogP contribution in [0.3, 0.4) is 0 Å². The lowest BCUT2D eigenvalue weighted by Crippen LogP contribution is -2.35. The van der Waals surface area contributed by atoms with Crippen LogP contribution in [0, 0.1) is 0 Å². The van der Waals surface area contributed by atoms with E-state index >= 15 is 0 Å². The minimum absolute atomic E-state index is 0.332. The number of hydrogen-bond donors (Lipinski definition) is 2. The molecule has 0 aliphatic carbocycles. The smallest absolute Gasteiger partial charge is 0.241 e. The summed E-state index contributed by atoms with van der Waals surface area (Å²) in [6, 6.07) is 2.01. The van der Waals surface area contributed by atoms with Crippen molar-refractivity contribution in [1.29, 1.82) is 0 Å². The molecule has 0 radical (unpaired) electrons. The first-order chi connectivity index (χ1) is 9.90. The molecular formula is C14H27N3O2S2. The van der Waals surface area contributed by atoms with Crippen LogP contribution in [-0.4, -0.2) is 45.5 Å². The molecule has 0 spiro atoms. The fraction of sp³-hybridized carbons (Fsp3) is 0.714. The molecule has 0 unspecified atom stereocenters. The summed E-state index contributed by atoms with van der Waals surface area (Å²) in [4.78, 5) is 3.46. The summed E-state index contributed by atoms with van der Waals surface area (Å²) in [6.45, 7) is 11.9. The van der Waals surface area contributed by atoms with Crippen molar-refractivity contribution in [2.75, 3.05) is 26.2 Å². The van der Waals surface area contributed by atoms with Gasteiger partial charge in [-0.1, -0.05) is 27.7 Å². The first-order valence-electron chi connectivity index (χ1n) is 7.42. The average molecular weight is 334 g/mol. The Labute approximate surface area is 132 Å². The largest absolute Gasteiger partial charge is 0.310 e. The van der Waals surface area contributed by atoms with Gasteiger partial charge in [-0.25, -0.2) is 13.1 Å². The minimum atomic E-state index is -3.41. The third-order valence-electron chi connectivity index (χ3n) is 3.28. The number of thiophene rings is 1. The monoisotopic (exact) mass is 333 g/mol. The predicted octanol–water partition coefficient (Wildman–Crippen LogP) is 1.87. The van der Waals surface area contributed by atoms with Crippen molar-refractivity contribution in [1.82, 2.24) is 14.9 Å². The highest BCUT2D eigenvalue weighted by Gasteiger charge is 2.19. The molecule has 0 amide bonds. The van der Waals surface area contributed by atoms with E-state index in [1.807, 2.05) is 19.2 Å². The number of hydrogen-bond acceptors (Lipinski definition) is 5. The molecular weight excluding hydrogens is 306 g/mol. The molecule has 5 nitrogen and oxygen atoms in total. The van der Waals surface area contributed by atoms with Crippen molar-refractivity contribution >= 4 is 21.4 Å². The van der Waals surface area contributed by atoms with Crippen LogP contribution in [0.5, 0.6) is 0 Å². The van der Waals surface area contributed by atoms with Gasteiger partial charge in [-0.05, 0) is 24.5 Å². The maximum absolute atomic E-state index is 12.4. The summed E-state index contributed by atoms with van der Waals surface area (Å²) in [7, 11) is -3.41. The summed E-state index contributed by atoms with van der Waals surface area (Å²) in [6.07, 6.45) is 0. The van der Waals surface area contributed by atoms with Gasteiger partial charge in [0.25, 0.3) is 0 Å². The van der Waals surface area contributed by atoms with E-state index in [1.165, 1.54) is 11.3 Å². The zero-order valence-electron chi connectivity index (χ0n) is 13.3. The van der Waals surface area contributed by atoms with Gasteiger partial charge in [0.2, 0.25) is 10.0 Å². The number of sulfonamides is 1. The third-order valence-corrected chi connectivity index (χ3v) is 5.88. The van der Waals surface area contributed by atoms with E-state index in [-0.39, 0.29) is 0 Å². The van der Waals surface area contributed by atoms with Gasteiger partial charge < -0.3 is 10.2 Å². The second-order valence-electron chi connectivity index (χ2n) is 5.17. The predicted molar refractivity (Wildman–Crippen MR) is 89.3 cm³/mol. The van der Waals surface area contributed by atoms with Crippen LogP contribution in [-0.2, 0) is 16.6 Å². The molecule has 0 aliphatic rings. The Morgan fingerprint density at radius 3 is 2.52 bits per heavy atom. The van der Waals surface area contributed by atoms with Crippen LogP contribution in [0.2, 0.25) is 0 Å². The normalized spacial score (nSPS) is 12.5. The van der Waals surface area contributed by atoms with Crippen molar-refractivity contribution in [3.05, 3.63) is 16.3 Å². The van der Waals surface area contributed by atoms with E-state index in [9.17, 15) is 8.42 Å². The van der Waals surface area contributed by atoms with E-state index in [0.717, 1.165) is 24.5 Å². The summed E-state index contributed by atoms with van der Waals surface area (Å²) in [5, 5.41) is 5.09. The molecule has 1 heterocycles. The van der Waals surface area contributed by atoms with Gasteiger partial charge in [0, 0.05) is 30.6 Å². The van der Waals surface area contributed by atoms with E-state index < -0.39 is 10.0 Å². The zero-order chi connectivity index (χ0) is 15.9. The maximum Gasteiger partial charge on any atom is 0.241 e. The average Bonchev–Trinajstić information content (AvgIpc) is 2.90. The lowest BCUT2D eigenvalue weighted by atomic mass is 10.4. The molecule has 122 valence electrons. The van der Waals surface area contributed by atoms with Gasteiger partial charge in [0.1, 0.15) is 0 Å². The van der Waals surface area contributed by atoms with E-state index in [4.69, 9.17) is 0 Å². The highest BCUT2D eigenvalue weighted by molar-refractivity contribution is 7.89. The van der Waals surface area contributed by atoms with Crippen molar-refractivity contribution in [3.63, 3.8) is 0 Å². The van der Waals surface area contributed by atoms with Gasteiger partial charge in [-0.2, -0.15) is 0 Å². The molecule has 0 atom stereocenters. The highest BCUT2D eigenvalue weighted by atomic mass is 32.2. The van der Waals surface area contributed by atoms with Crippen LogP contribution in [0.15, 0.2) is 16.3 Å². The van der Waals surface area contributed by atoms with E-state index in [2.05, 4.69) is 28.8 Å². The zero-order valence-corrected chi connectivity index (χ0v) is 15.0. The molecule has 0 aromatic carbocycles. The van der Waals surface area contributed by atoms with Crippen LogP contribution in [0.25, 0.3) is 0 Å². The van der Waals surface area contributed by atoms with Crippen molar-refractivity contribution in [2.45, 2.75) is 45.2 Å². The third kappa shape index (κ3) is 6.04. The number of nitrogens with one attached hydrogen (secondary N) is 2. The Morgan fingerprint density at radius 2 is 1.95 bits per heavy atom. The van der Waals surface area contributed by atoms with Gasteiger partial charge in [-0.3, -0.25) is 0 Å². The molecule has 7 heteroatoms. The molecule has 1 aromatic rings. The van der Waals surface area contributed by atoms with Crippen LogP contribution >= 0.6 is 11.3 Å². The first kappa shape index (κ1) is 18.6. The minimum Gasteiger partial charge on any atom is -0.310 e. The summed E-state index contributed by atoms with van der Waals surface area (Å²) >= 11 is 1.48. The number of nitrogens with zero attached hydrogens (tertiary/aromatic N) is 1. The van der Waals surface area contributed by atoms with Crippen LogP contribution in [0.1, 0.15) is 32.6 Å². The highest BCUT2D eigenvalue weighted by Crippen LogP contribution is 2.21. The van der Waals surface area contributed by atoms with Gasteiger partial charge >= 0.3 is 0 Å². The molecule has 1 rings (SSSR count). The number of rotatable bonds is 10. The van der Waals surface area contributed by atoms with Crippen LogP contribution < -0.4 is 10.0 Å². The molecule has 0 fully saturated rings. The summed E-state index contributed by atoms with van der Waals surface area (Å²) in [5.41, 5.74) is 0. The molecule has 21 heavy (non-hydrogen) atoms. The van der Waals surface area contributed by atoms with Crippen molar-refractivity contribution in [2.24, 2.45) is 0 Å². The quantitative estimate of drug-likeness (QED) is 0.686. The summed E-state index contributed by atoms with van der Waals surface area (Å²) < 4.78 is 27.4. The van der Waals surface area contributed by atoms with E-state index in [1.54, 1.807) is 6.07 Å². The van der Waals surface area contributed by atoms with Crippen molar-refractivity contribution in [3.8, 4) is 0 Å². The standard InChI is InChI=1S/C14H27N3O2S2/c1-5-17(6-2)9-8-16-21(18,19)14-7-10-20-13(14)11-15-12(3)4/h7,10,12,15-16H,5-6,8-9,11H2,1-4H3. The van der Waals surface area contributed by atoms with Gasteiger partial charge in [-0.15, -0.1) is 11.3 Å². The lowest BCUT2D eigenvalue weighted by Gasteiger charge is -2.18. The second-order valence-corrected chi connectivity index (χ2v) is 7.90. The Bertz CT molecular complexity index is 508.